The molecule has 0 aliphatic carbocycles. The molecular weight excluding hydrogens is 446 g/mol. The third-order valence-electron chi connectivity index (χ3n) is 6.11. The molecule has 34 heavy (non-hydrogen) atoms. The third-order valence-corrected chi connectivity index (χ3v) is 11.1. The summed E-state index contributed by atoms with van der Waals surface area (Å²) < 4.78 is 18.6. The first kappa shape index (κ1) is 26.4. The molecule has 0 unspecified atom stereocenters. The third kappa shape index (κ3) is 5.89. The van der Waals surface area contributed by atoms with Gasteiger partial charge in [0.05, 0.1) is 38.5 Å². The number of carbonyl (C=O) groups is 1. The van der Waals surface area contributed by atoms with Gasteiger partial charge in [-0.3, -0.25) is 4.90 Å². The molecule has 1 fully saturated rings. The predicted octanol–water partition coefficient (Wildman–Crippen LogP) is 3.56. The normalized spacial score (nSPS) is 19.7. The van der Waals surface area contributed by atoms with Crippen molar-refractivity contribution in [2.75, 3.05) is 26.4 Å². The van der Waals surface area contributed by atoms with E-state index >= 15 is 0 Å². The number of hydrogen-bond acceptors (Lipinski definition) is 5. The summed E-state index contributed by atoms with van der Waals surface area (Å²) in [5, 5.41) is 11.8. The quantitative estimate of drug-likeness (QED) is 0.634. The molecule has 1 saturated heterocycles. The number of nitrogens with zero attached hydrogens (tertiary/aromatic N) is 1. The Labute approximate surface area is 205 Å². The van der Waals surface area contributed by atoms with Crippen molar-refractivity contribution >= 4 is 24.8 Å². The Hall–Kier alpha value is -2.19. The monoisotopic (exact) mass is 485 g/mol. The summed E-state index contributed by atoms with van der Waals surface area (Å²) >= 11 is 0. The van der Waals surface area contributed by atoms with Gasteiger partial charge in [0.15, 0.2) is 0 Å². The maximum Gasteiger partial charge on any atom is 0.410 e. The minimum Gasteiger partial charge on any atom is -0.444 e. The summed E-state index contributed by atoms with van der Waals surface area (Å²) in [6, 6.07) is 20.5. The van der Waals surface area contributed by atoms with Crippen molar-refractivity contribution in [3.05, 3.63) is 60.7 Å². The van der Waals surface area contributed by atoms with Gasteiger partial charge < -0.3 is 19.0 Å². The number of carbonyl (C=O) groups excluding carboxylic acids is 1. The Morgan fingerprint density at radius 2 is 1.53 bits per heavy atom. The minimum atomic E-state index is -2.75. The second-order valence-electron chi connectivity index (χ2n) is 10.9. The van der Waals surface area contributed by atoms with Crippen LogP contribution in [-0.4, -0.2) is 68.5 Å². The molecule has 0 spiro atoms. The van der Waals surface area contributed by atoms with Gasteiger partial charge in [-0.2, -0.15) is 0 Å². The highest BCUT2D eigenvalue weighted by atomic mass is 28.4. The van der Waals surface area contributed by atoms with Gasteiger partial charge in [-0.25, -0.2) is 4.79 Å². The molecule has 6 nitrogen and oxygen atoms in total. The van der Waals surface area contributed by atoms with E-state index in [1.165, 1.54) is 10.4 Å². The topological polar surface area (TPSA) is 68.2 Å². The Morgan fingerprint density at radius 1 is 1.00 bits per heavy atom. The fraction of sp³-hybridized carbons (Fsp3) is 0.519. The highest BCUT2D eigenvalue weighted by Crippen LogP contribution is 2.37. The van der Waals surface area contributed by atoms with E-state index in [0.717, 1.165) is 0 Å². The summed E-state index contributed by atoms with van der Waals surface area (Å²) in [6.45, 7) is 12.9. The van der Waals surface area contributed by atoms with Gasteiger partial charge in [0.2, 0.25) is 0 Å². The van der Waals surface area contributed by atoms with Crippen LogP contribution < -0.4 is 10.4 Å². The number of hydrogen-bond donors (Lipinski definition) is 1. The van der Waals surface area contributed by atoms with Crippen LogP contribution in [0, 0.1) is 0 Å². The van der Waals surface area contributed by atoms with Gasteiger partial charge in [0.1, 0.15) is 5.60 Å². The number of rotatable bonds is 6. The van der Waals surface area contributed by atoms with Crippen LogP contribution in [0.25, 0.3) is 0 Å². The fourth-order valence-electron chi connectivity index (χ4n) is 4.53. The number of morpholine rings is 1. The van der Waals surface area contributed by atoms with Crippen LogP contribution >= 0.6 is 0 Å². The Balaban J connectivity index is 1.97. The zero-order chi connectivity index (χ0) is 25.0. The summed E-state index contributed by atoms with van der Waals surface area (Å²) in [7, 11) is -2.75. The predicted molar refractivity (Wildman–Crippen MR) is 137 cm³/mol. The van der Waals surface area contributed by atoms with Crippen LogP contribution in [0.3, 0.4) is 0 Å². The van der Waals surface area contributed by atoms with Crippen molar-refractivity contribution in [1.29, 1.82) is 0 Å². The second kappa shape index (κ2) is 10.6. The van der Waals surface area contributed by atoms with Gasteiger partial charge >= 0.3 is 6.09 Å². The Morgan fingerprint density at radius 3 is 1.97 bits per heavy atom. The van der Waals surface area contributed by atoms with E-state index in [9.17, 15) is 9.90 Å². The average Bonchev–Trinajstić information content (AvgIpc) is 2.79. The molecule has 186 valence electrons. The van der Waals surface area contributed by atoms with Gasteiger partial charge in [0, 0.05) is 0 Å². The fourth-order valence-corrected chi connectivity index (χ4v) is 9.13. The molecule has 0 aromatic heterocycles. The molecule has 1 aliphatic heterocycles. The van der Waals surface area contributed by atoms with Crippen LogP contribution in [0.1, 0.15) is 41.5 Å². The van der Waals surface area contributed by atoms with Crippen molar-refractivity contribution in [2.45, 2.75) is 64.3 Å². The largest absolute Gasteiger partial charge is 0.444 e. The van der Waals surface area contributed by atoms with Gasteiger partial charge in [-0.05, 0) is 36.2 Å². The Kier molecular flexibility index (Phi) is 8.24. The number of benzene rings is 2. The second-order valence-corrected chi connectivity index (χ2v) is 15.2. The number of aliphatic hydroxyl groups is 1. The lowest BCUT2D eigenvalue weighted by Crippen LogP contribution is -2.68. The standard InChI is InChI=1S/C27H39NO5Si/c1-26(2,3)33-25(30)28-17-22(18-29)31-19-21(28)20-32-34(27(4,5)6,23-13-9-7-10-14-23)24-15-11-8-12-16-24/h7-16,21-22,29H,17-20H2,1-6H3/t21-,22-/m1/s1. The molecular formula is C27H39NO5Si. The summed E-state index contributed by atoms with van der Waals surface area (Å²) in [4.78, 5) is 14.7. The van der Waals surface area contributed by atoms with Crippen LogP contribution in [0.5, 0.6) is 0 Å². The van der Waals surface area contributed by atoms with Crippen LogP contribution in [0.2, 0.25) is 5.04 Å². The van der Waals surface area contributed by atoms with Crippen molar-refractivity contribution in [3.63, 3.8) is 0 Å². The molecule has 1 N–H and O–H groups in total. The van der Waals surface area contributed by atoms with Crippen LogP contribution in [0.15, 0.2) is 60.7 Å². The Bertz CT molecular complexity index is 884. The highest BCUT2D eigenvalue weighted by molar-refractivity contribution is 6.99. The van der Waals surface area contributed by atoms with Crippen LogP contribution in [0.4, 0.5) is 4.79 Å². The first-order valence-electron chi connectivity index (χ1n) is 11.9. The van der Waals surface area contributed by atoms with E-state index in [4.69, 9.17) is 13.9 Å². The maximum atomic E-state index is 13.1. The molecule has 2 atom stereocenters. The molecule has 0 saturated carbocycles. The van der Waals surface area contributed by atoms with Gasteiger partial charge in [0.25, 0.3) is 8.32 Å². The van der Waals surface area contributed by atoms with Crippen molar-refractivity contribution in [2.24, 2.45) is 0 Å². The summed E-state index contributed by atoms with van der Waals surface area (Å²) in [5.41, 5.74) is -0.618. The van der Waals surface area contributed by atoms with E-state index in [0.29, 0.717) is 6.61 Å². The molecule has 0 bridgehead atoms. The lowest BCUT2D eigenvalue weighted by molar-refractivity contribution is -0.0924. The summed E-state index contributed by atoms with van der Waals surface area (Å²) in [5.74, 6) is 0. The molecule has 7 heteroatoms. The molecule has 1 heterocycles. The number of amides is 1. The lowest BCUT2D eigenvalue weighted by Gasteiger charge is -2.45. The number of aliphatic hydroxyl groups excluding tert-OH is 1. The zero-order valence-electron chi connectivity index (χ0n) is 21.3. The molecule has 2 aromatic carbocycles. The molecule has 1 amide bonds. The van der Waals surface area contributed by atoms with Gasteiger partial charge in [-0.15, -0.1) is 0 Å². The van der Waals surface area contributed by atoms with E-state index in [1.54, 1.807) is 4.90 Å². The van der Waals surface area contributed by atoms with E-state index in [-0.39, 0.29) is 30.8 Å². The average molecular weight is 486 g/mol. The number of ether oxygens (including phenoxy) is 2. The molecule has 2 aromatic rings. The van der Waals surface area contributed by atoms with Crippen molar-refractivity contribution in [1.82, 2.24) is 4.90 Å². The first-order valence-corrected chi connectivity index (χ1v) is 13.9. The summed E-state index contributed by atoms with van der Waals surface area (Å²) in [6.07, 6.45) is -0.845. The van der Waals surface area contributed by atoms with Gasteiger partial charge in [-0.1, -0.05) is 81.4 Å². The molecule has 0 radical (unpaired) electrons. The highest BCUT2D eigenvalue weighted by Gasteiger charge is 2.51. The smallest absolute Gasteiger partial charge is 0.410 e. The molecule has 3 rings (SSSR count). The lowest BCUT2D eigenvalue weighted by atomic mass is 10.2. The maximum absolute atomic E-state index is 13.1. The van der Waals surface area contributed by atoms with E-state index in [1.807, 2.05) is 32.9 Å². The van der Waals surface area contributed by atoms with Crippen molar-refractivity contribution in [3.8, 4) is 0 Å². The SMILES string of the molecule is CC(C)(C)OC(=O)N1C[C@H](CO)OC[C@@H]1CO[Si](c1ccccc1)(c1ccccc1)C(C)(C)C. The van der Waals surface area contributed by atoms with E-state index < -0.39 is 26.1 Å². The van der Waals surface area contributed by atoms with E-state index in [2.05, 4.69) is 69.3 Å². The first-order chi connectivity index (χ1) is 16.0. The zero-order valence-corrected chi connectivity index (χ0v) is 22.3. The van der Waals surface area contributed by atoms with Crippen LogP contribution in [-0.2, 0) is 13.9 Å². The minimum absolute atomic E-state index is 0.151. The molecule has 1 aliphatic rings. The van der Waals surface area contributed by atoms with Crippen molar-refractivity contribution < 1.29 is 23.8 Å².